The SMILES string of the molecule is O=[N+]([O-])c1cc(Br)ccc1NCc1ccc(Cl)cc1F. The fourth-order valence-corrected chi connectivity index (χ4v) is 2.17. The van der Waals surface area contributed by atoms with Gasteiger partial charge >= 0.3 is 0 Å². The van der Waals surface area contributed by atoms with Crippen molar-refractivity contribution in [3.63, 3.8) is 0 Å². The summed E-state index contributed by atoms with van der Waals surface area (Å²) in [6.45, 7) is 0.130. The Morgan fingerprint density at radius 1 is 1.30 bits per heavy atom. The molecule has 2 aromatic rings. The van der Waals surface area contributed by atoms with Crippen molar-refractivity contribution in [3.8, 4) is 0 Å². The zero-order chi connectivity index (χ0) is 14.7. The Labute approximate surface area is 127 Å². The van der Waals surface area contributed by atoms with Gasteiger partial charge in [-0.3, -0.25) is 10.1 Å². The molecule has 0 heterocycles. The highest BCUT2D eigenvalue weighted by atomic mass is 79.9. The minimum Gasteiger partial charge on any atom is -0.375 e. The van der Waals surface area contributed by atoms with Gasteiger partial charge in [-0.05, 0) is 24.3 Å². The van der Waals surface area contributed by atoms with Gasteiger partial charge in [-0.25, -0.2) is 4.39 Å². The van der Waals surface area contributed by atoms with Gasteiger partial charge in [-0.1, -0.05) is 33.6 Å². The number of nitrogens with zero attached hydrogens (tertiary/aromatic N) is 1. The summed E-state index contributed by atoms with van der Waals surface area (Å²) in [6.07, 6.45) is 0. The van der Waals surface area contributed by atoms with Crippen molar-refractivity contribution in [1.29, 1.82) is 0 Å². The third-order valence-electron chi connectivity index (χ3n) is 2.64. The molecular weight excluding hydrogens is 351 g/mol. The maximum atomic E-state index is 13.6. The van der Waals surface area contributed by atoms with Crippen molar-refractivity contribution in [2.45, 2.75) is 6.54 Å². The summed E-state index contributed by atoms with van der Waals surface area (Å²) in [4.78, 5) is 10.5. The van der Waals surface area contributed by atoms with E-state index in [1.165, 1.54) is 18.2 Å². The van der Waals surface area contributed by atoms with E-state index in [-0.39, 0.29) is 12.2 Å². The van der Waals surface area contributed by atoms with Crippen LogP contribution in [-0.2, 0) is 6.54 Å². The third kappa shape index (κ3) is 3.46. The molecule has 0 amide bonds. The van der Waals surface area contributed by atoms with E-state index in [2.05, 4.69) is 21.2 Å². The average Bonchev–Trinajstić information content (AvgIpc) is 2.38. The van der Waals surface area contributed by atoms with E-state index < -0.39 is 10.7 Å². The lowest BCUT2D eigenvalue weighted by atomic mass is 10.2. The Balaban J connectivity index is 2.20. The summed E-state index contributed by atoms with van der Waals surface area (Å²) >= 11 is 8.84. The number of hydrogen-bond donors (Lipinski definition) is 1. The van der Waals surface area contributed by atoms with Crippen LogP contribution in [0, 0.1) is 15.9 Å². The number of anilines is 1. The summed E-state index contributed by atoms with van der Waals surface area (Å²) < 4.78 is 14.2. The van der Waals surface area contributed by atoms with E-state index in [0.29, 0.717) is 20.7 Å². The number of hydrogen-bond acceptors (Lipinski definition) is 3. The summed E-state index contributed by atoms with van der Waals surface area (Å²) in [5.74, 6) is -0.454. The number of rotatable bonds is 4. The summed E-state index contributed by atoms with van der Waals surface area (Å²) in [5.41, 5.74) is 0.632. The van der Waals surface area contributed by atoms with Crippen molar-refractivity contribution in [2.75, 3.05) is 5.32 Å². The van der Waals surface area contributed by atoms with E-state index >= 15 is 0 Å². The Morgan fingerprint density at radius 3 is 2.70 bits per heavy atom. The van der Waals surface area contributed by atoms with Gasteiger partial charge in [-0.2, -0.15) is 0 Å². The highest BCUT2D eigenvalue weighted by molar-refractivity contribution is 9.10. The van der Waals surface area contributed by atoms with Gasteiger partial charge in [0.15, 0.2) is 0 Å². The summed E-state index contributed by atoms with van der Waals surface area (Å²) in [7, 11) is 0. The first-order valence-corrected chi connectivity index (χ1v) is 6.76. The molecule has 0 saturated heterocycles. The molecule has 0 aliphatic carbocycles. The number of benzene rings is 2. The third-order valence-corrected chi connectivity index (χ3v) is 3.37. The van der Waals surface area contributed by atoms with Crippen LogP contribution in [0.3, 0.4) is 0 Å². The lowest BCUT2D eigenvalue weighted by molar-refractivity contribution is -0.384. The minimum absolute atomic E-state index is 0.0752. The Morgan fingerprint density at radius 2 is 2.05 bits per heavy atom. The van der Waals surface area contributed by atoms with Gasteiger partial charge in [0.25, 0.3) is 5.69 Å². The second-order valence-electron chi connectivity index (χ2n) is 4.01. The zero-order valence-corrected chi connectivity index (χ0v) is 12.4. The standard InChI is InChI=1S/C13H9BrClFN2O2/c14-9-2-4-12(13(5-9)18(19)20)17-7-8-1-3-10(15)6-11(8)16/h1-6,17H,7H2. The normalized spacial score (nSPS) is 10.3. The van der Waals surface area contributed by atoms with Gasteiger partial charge < -0.3 is 5.32 Å². The van der Waals surface area contributed by atoms with Crippen LogP contribution in [0.25, 0.3) is 0 Å². The Hall–Kier alpha value is -1.66. The van der Waals surface area contributed by atoms with Crippen molar-refractivity contribution in [3.05, 3.63) is 67.4 Å². The molecule has 2 aromatic carbocycles. The lowest BCUT2D eigenvalue weighted by Crippen LogP contribution is -2.04. The molecule has 0 aliphatic rings. The number of nitrogens with one attached hydrogen (secondary N) is 1. The molecule has 0 fully saturated rings. The predicted molar refractivity (Wildman–Crippen MR) is 79.5 cm³/mol. The molecule has 2 rings (SSSR count). The second kappa shape index (κ2) is 6.19. The van der Waals surface area contributed by atoms with Crippen LogP contribution < -0.4 is 5.32 Å². The van der Waals surface area contributed by atoms with Crippen LogP contribution in [0.2, 0.25) is 5.02 Å². The van der Waals surface area contributed by atoms with Gasteiger partial charge in [0.2, 0.25) is 0 Å². The first kappa shape index (κ1) is 14.7. The number of nitro groups is 1. The molecule has 0 bridgehead atoms. The van der Waals surface area contributed by atoms with Crippen LogP contribution in [-0.4, -0.2) is 4.92 Å². The lowest BCUT2D eigenvalue weighted by Gasteiger charge is -2.08. The first-order chi connectivity index (χ1) is 9.47. The fourth-order valence-electron chi connectivity index (χ4n) is 1.66. The highest BCUT2D eigenvalue weighted by Gasteiger charge is 2.14. The van der Waals surface area contributed by atoms with E-state index in [4.69, 9.17) is 11.6 Å². The van der Waals surface area contributed by atoms with Gasteiger partial charge in [-0.15, -0.1) is 0 Å². The van der Waals surface area contributed by atoms with Crippen LogP contribution in [0.1, 0.15) is 5.56 Å². The quantitative estimate of drug-likeness (QED) is 0.632. The molecule has 0 aromatic heterocycles. The maximum absolute atomic E-state index is 13.6. The largest absolute Gasteiger partial charge is 0.375 e. The molecule has 1 N–H and O–H groups in total. The van der Waals surface area contributed by atoms with Crippen LogP contribution in [0.5, 0.6) is 0 Å². The number of nitro benzene ring substituents is 1. The molecule has 0 spiro atoms. The van der Waals surface area contributed by atoms with Crippen molar-refractivity contribution in [1.82, 2.24) is 0 Å². The molecule has 20 heavy (non-hydrogen) atoms. The molecule has 104 valence electrons. The molecule has 7 heteroatoms. The summed E-state index contributed by atoms with van der Waals surface area (Å²) in [5, 5.41) is 14.1. The van der Waals surface area contributed by atoms with E-state index in [0.717, 1.165) is 0 Å². The highest BCUT2D eigenvalue weighted by Crippen LogP contribution is 2.28. The minimum atomic E-state index is -0.495. The van der Waals surface area contributed by atoms with Gasteiger partial charge in [0.05, 0.1) is 4.92 Å². The molecular formula is C13H9BrClFN2O2. The molecule has 0 saturated carbocycles. The Bertz CT molecular complexity index is 667. The number of halogens is 3. The van der Waals surface area contributed by atoms with E-state index in [9.17, 15) is 14.5 Å². The molecule has 0 aliphatic heterocycles. The molecule has 0 radical (unpaired) electrons. The first-order valence-electron chi connectivity index (χ1n) is 5.59. The summed E-state index contributed by atoms with van der Waals surface area (Å²) in [6, 6.07) is 8.94. The Kier molecular flexibility index (Phi) is 4.57. The topological polar surface area (TPSA) is 55.2 Å². The zero-order valence-electron chi connectivity index (χ0n) is 10.1. The fraction of sp³-hybridized carbons (Fsp3) is 0.0769. The molecule has 0 unspecified atom stereocenters. The van der Waals surface area contributed by atoms with E-state index in [1.807, 2.05) is 0 Å². The molecule has 0 atom stereocenters. The molecule has 4 nitrogen and oxygen atoms in total. The average molecular weight is 360 g/mol. The predicted octanol–water partition coefficient (Wildman–Crippen LogP) is 4.76. The van der Waals surface area contributed by atoms with Crippen molar-refractivity contribution >= 4 is 38.9 Å². The van der Waals surface area contributed by atoms with Gasteiger partial charge in [0.1, 0.15) is 11.5 Å². The monoisotopic (exact) mass is 358 g/mol. The van der Waals surface area contributed by atoms with Crippen LogP contribution in [0.4, 0.5) is 15.8 Å². The van der Waals surface area contributed by atoms with E-state index in [1.54, 1.807) is 18.2 Å². The van der Waals surface area contributed by atoms with Gasteiger partial charge in [0, 0.05) is 27.7 Å². The van der Waals surface area contributed by atoms with Crippen molar-refractivity contribution < 1.29 is 9.31 Å². The maximum Gasteiger partial charge on any atom is 0.293 e. The van der Waals surface area contributed by atoms with Crippen LogP contribution >= 0.6 is 27.5 Å². The van der Waals surface area contributed by atoms with Crippen LogP contribution in [0.15, 0.2) is 40.9 Å². The smallest absolute Gasteiger partial charge is 0.293 e. The van der Waals surface area contributed by atoms with Crippen molar-refractivity contribution in [2.24, 2.45) is 0 Å². The second-order valence-corrected chi connectivity index (χ2v) is 5.36.